The van der Waals surface area contributed by atoms with Gasteiger partial charge in [-0.05, 0) is 26.0 Å². The first-order valence-electron chi connectivity index (χ1n) is 10.8. The first-order valence-corrected chi connectivity index (χ1v) is 10.8. The maximum atomic E-state index is 4.90. The summed E-state index contributed by atoms with van der Waals surface area (Å²) in [5, 5.41) is 2.20. The van der Waals surface area contributed by atoms with Crippen molar-refractivity contribution in [1.82, 2.24) is 29.1 Å². The molecule has 0 atom stereocenters. The molecule has 0 bridgehead atoms. The largest absolute Gasteiger partial charge is 2.00 e. The van der Waals surface area contributed by atoms with Gasteiger partial charge in [0.2, 0.25) is 0 Å². The van der Waals surface area contributed by atoms with E-state index in [1.54, 1.807) is 12.4 Å². The van der Waals surface area contributed by atoms with Crippen LogP contribution in [0.1, 0.15) is 25.2 Å². The van der Waals surface area contributed by atoms with Crippen molar-refractivity contribution in [2.75, 3.05) is 0 Å². The van der Waals surface area contributed by atoms with Gasteiger partial charge < -0.3 is 9.13 Å². The van der Waals surface area contributed by atoms with Crippen LogP contribution < -0.4 is 0 Å². The number of benzene rings is 2. The van der Waals surface area contributed by atoms with Crippen molar-refractivity contribution in [3.8, 4) is 11.9 Å². The van der Waals surface area contributed by atoms with E-state index < -0.39 is 5.41 Å². The summed E-state index contributed by atoms with van der Waals surface area (Å²) in [6.45, 7) is 4.22. The van der Waals surface area contributed by atoms with Gasteiger partial charge in [-0.25, -0.2) is 0 Å². The molecule has 0 amide bonds. The molecule has 2 aromatic carbocycles. The molecular weight excluding hydrogens is 515 g/mol. The van der Waals surface area contributed by atoms with Gasteiger partial charge in [0.15, 0.2) is 0 Å². The molecule has 0 N–H and O–H groups in total. The van der Waals surface area contributed by atoms with Gasteiger partial charge in [0.1, 0.15) is 11.9 Å². The minimum Gasteiger partial charge on any atom is -0.413 e. The molecule has 0 radical (unpaired) electrons. The van der Waals surface area contributed by atoms with Crippen molar-refractivity contribution in [2.24, 2.45) is 0 Å². The van der Waals surface area contributed by atoms with Gasteiger partial charge in [-0.2, -0.15) is 0 Å². The average molecular weight is 535 g/mol. The normalized spacial score (nSPS) is 11.6. The second kappa shape index (κ2) is 8.60. The molecular formula is C27H20N6Pd. The molecule has 6 aromatic rings. The number of aromatic nitrogens is 6. The Hall–Kier alpha value is -3.66. The number of rotatable bonds is 4. The molecule has 6 rings (SSSR count). The smallest absolute Gasteiger partial charge is 0.413 e. The van der Waals surface area contributed by atoms with Crippen LogP contribution in [0.25, 0.3) is 33.7 Å². The third-order valence-electron chi connectivity index (χ3n) is 6.02. The van der Waals surface area contributed by atoms with Gasteiger partial charge in [0.05, 0.1) is 0 Å². The summed E-state index contributed by atoms with van der Waals surface area (Å²) in [5.74, 6) is 1.17. The van der Waals surface area contributed by atoms with Crippen molar-refractivity contribution in [3.63, 3.8) is 0 Å². The Balaban J connectivity index is 0.00000241. The average Bonchev–Trinajstić information content (AvgIpc) is 3.49. The Morgan fingerprint density at radius 3 is 1.56 bits per heavy atom. The predicted molar refractivity (Wildman–Crippen MR) is 128 cm³/mol. The number of hydrogen-bond donors (Lipinski definition) is 0. The first kappa shape index (κ1) is 22.2. The number of para-hydroxylation sites is 2. The second-order valence-corrected chi connectivity index (χ2v) is 8.44. The summed E-state index contributed by atoms with van der Waals surface area (Å²) in [6, 6.07) is 24.0. The molecule has 0 aliphatic carbocycles. The Morgan fingerprint density at radius 1 is 0.647 bits per heavy atom. The summed E-state index contributed by atoms with van der Waals surface area (Å²) >= 11 is 0. The van der Waals surface area contributed by atoms with Crippen LogP contribution in [0.3, 0.4) is 0 Å². The zero-order chi connectivity index (χ0) is 22.4. The zero-order valence-electron chi connectivity index (χ0n) is 18.6. The molecule has 0 spiro atoms. The van der Waals surface area contributed by atoms with Crippen molar-refractivity contribution in [1.29, 1.82) is 0 Å². The third kappa shape index (κ3) is 3.64. The van der Waals surface area contributed by atoms with Crippen molar-refractivity contribution < 1.29 is 20.4 Å². The van der Waals surface area contributed by atoms with Gasteiger partial charge in [-0.3, -0.25) is 19.9 Å². The number of fused-ring (bicyclic) bond motifs is 2. The Kier molecular flexibility index (Phi) is 5.60. The van der Waals surface area contributed by atoms with E-state index in [1.807, 2.05) is 69.8 Å². The fraction of sp³-hybridized carbons (Fsp3) is 0.111. The van der Waals surface area contributed by atoms with E-state index in [9.17, 15) is 0 Å². The summed E-state index contributed by atoms with van der Waals surface area (Å²) in [4.78, 5) is 18.8. The Bertz CT molecular complexity index is 1490. The van der Waals surface area contributed by atoms with Gasteiger partial charge in [0, 0.05) is 29.2 Å². The maximum Gasteiger partial charge on any atom is 2.00 e. The summed E-state index contributed by atoms with van der Waals surface area (Å²) in [5.41, 5.74) is 3.30. The van der Waals surface area contributed by atoms with E-state index in [0.29, 0.717) is 11.9 Å². The van der Waals surface area contributed by atoms with Crippen LogP contribution in [0.4, 0.5) is 0 Å². The summed E-state index contributed by atoms with van der Waals surface area (Å²) in [6.07, 6.45) is 10.1. The van der Waals surface area contributed by atoms with E-state index >= 15 is 0 Å². The maximum absolute atomic E-state index is 4.90. The summed E-state index contributed by atoms with van der Waals surface area (Å²) < 4.78 is 3.78. The SMILES string of the molecule is CC(C)(c1ccnc(-n2[c-]cc3ccccc32)n1)c1ccnc(-n2[c-]cc3ccccc32)n1.[Pd+2]. The third-order valence-corrected chi connectivity index (χ3v) is 6.02. The molecule has 6 nitrogen and oxygen atoms in total. The molecule has 0 saturated carbocycles. The molecule has 0 unspecified atom stereocenters. The number of hydrogen-bond acceptors (Lipinski definition) is 4. The van der Waals surface area contributed by atoms with E-state index in [-0.39, 0.29) is 20.4 Å². The van der Waals surface area contributed by atoms with Gasteiger partial charge >= 0.3 is 20.4 Å². The molecule has 0 aliphatic rings. The molecule has 7 heteroatoms. The molecule has 0 aliphatic heterocycles. The fourth-order valence-electron chi connectivity index (χ4n) is 4.10. The molecule has 0 fully saturated rings. The van der Waals surface area contributed by atoms with Gasteiger partial charge in [-0.1, -0.05) is 59.8 Å². The second-order valence-electron chi connectivity index (χ2n) is 8.44. The summed E-state index contributed by atoms with van der Waals surface area (Å²) in [7, 11) is 0. The minimum atomic E-state index is -0.471. The van der Waals surface area contributed by atoms with Crippen LogP contribution in [-0.4, -0.2) is 29.1 Å². The topological polar surface area (TPSA) is 61.4 Å². The quantitative estimate of drug-likeness (QED) is 0.234. The zero-order valence-corrected chi connectivity index (χ0v) is 20.1. The number of nitrogens with zero attached hydrogens (tertiary/aromatic N) is 6. The molecule has 34 heavy (non-hydrogen) atoms. The van der Waals surface area contributed by atoms with Crippen molar-refractivity contribution in [3.05, 3.63) is 109 Å². The van der Waals surface area contributed by atoms with Crippen LogP contribution in [0.5, 0.6) is 0 Å². The monoisotopic (exact) mass is 534 g/mol. The predicted octanol–water partition coefficient (Wildman–Crippen LogP) is 5.08. The Labute approximate surface area is 211 Å². The van der Waals surface area contributed by atoms with Crippen LogP contribution in [0.2, 0.25) is 0 Å². The molecule has 4 heterocycles. The Morgan fingerprint density at radius 2 is 1.09 bits per heavy atom. The van der Waals surface area contributed by atoms with Crippen LogP contribution in [0, 0.1) is 12.4 Å². The van der Waals surface area contributed by atoms with Gasteiger partial charge in [0.25, 0.3) is 0 Å². The van der Waals surface area contributed by atoms with E-state index in [4.69, 9.17) is 9.97 Å². The van der Waals surface area contributed by atoms with E-state index in [0.717, 1.165) is 33.2 Å². The van der Waals surface area contributed by atoms with Gasteiger partial charge in [-0.15, -0.1) is 35.0 Å². The van der Waals surface area contributed by atoms with E-state index in [2.05, 4.69) is 48.3 Å². The fourth-order valence-corrected chi connectivity index (χ4v) is 4.10. The van der Waals surface area contributed by atoms with Crippen LogP contribution in [0.15, 0.2) is 85.2 Å². The molecule has 4 aromatic heterocycles. The minimum absolute atomic E-state index is 0. The van der Waals surface area contributed by atoms with Crippen LogP contribution >= 0.6 is 0 Å². The molecule has 168 valence electrons. The van der Waals surface area contributed by atoms with E-state index in [1.165, 1.54) is 0 Å². The standard InChI is InChI=1S/C27H20N6.Pd/c1-27(2,23-11-15-28-25(30-23)32-17-13-19-7-3-5-9-21(19)32)24-12-16-29-26(31-24)33-18-14-20-8-4-6-10-22(20)33;/h3-16H,1-2H3;/q-2;+2. The van der Waals surface area contributed by atoms with Crippen molar-refractivity contribution >= 4 is 21.8 Å². The first-order chi connectivity index (χ1) is 16.1. The molecule has 0 saturated heterocycles. The van der Waals surface area contributed by atoms with Crippen LogP contribution in [-0.2, 0) is 25.8 Å². The van der Waals surface area contributed by atoms with Crippen molar-refractivity contribution in [2.45, 2.75) is 19.3 Å².